The van der Waals surface area contributed by atoms with Crippen LogP contribution in [0.1, 0.15) is 24.4 Å². The zero-order valence-electron chi connectivity index (χ0n) is 15.4. The lowest BCUT2D eigenvalue weighted by molar-refractivity contribution is 0.333. The van der Waals surface area contributed by atoms with E-state index >= 15 is 0 Å². The summed E-state index contributed by atoms with van der Waals surface area (Å²) in [5.74, 6) is 2.17. The molecule has 4 heterocycles. The normalized spacial score (nSPS) is 15.7. The Balaban J connectivity index is 1.50. The van der Waals surface area contributed by atoms with Crippen LogP contribution in [0.5, 0.6) is 0 Å². The lowest BCUT2D eigenvalue weighted by Gasteiger charge is -2.33. The van der Waals surface area contributed by atoms with Crippen LogP contribution in [0, 0.1) is 19.8 Å². The number of aromatic nitrogens is 6. The molecule has 0 aliphatic carbocycles. The van der Waals surface area contributed by atoms with Gasteiger partial charge in [-0.1, -0.05) is 0 Å². The Hall–Kier alpha value is -2.77. The van der Waals surface area contributed by atoms with Gasteiger partial charge in [0.2, 0.25) is 0 Å². The van der Waals surface area contributed by atoms with Crippen LogP contribution in [0.3, 0.4) is 0 Å². The van der Waals surface area contributed by atoms with Crippen molar-refractivity contribution in [2.24, 2.45) is 13.0 Å². The van der Waals surface area contributed by atoms with Crippen LogP contribution in [-0.2, 0) is 13.6 Å². The maximum Gasteiger partial charge on any atom is 0.266 e. The quantitative estimate of drug-likeness (QED) is 0.709. The Kier molecular flexibility index (Phi) is 4.18. The molecule has 0 N–H and O–H groups in total. The Morgan fingerprint density at radius 3 is 2.69 bits per heavy atom. The van der Waals surface area contributed by atoms with E-state index in [4.69, 9.17) is 0 Å². The van der Waals surface area contributed by atoms with Crippen molar-refractivity contribution in [1.29, 1.82) is 0 Å². The molecular weight excluding hydrogens is 330 g/mol. The molecule has 0 aromatic carbocycles. The van der Waals surface area contributed by atoms with Crippen LogP contribution in [0.25, 0.3) is 11.0 Å². The van der Waals surface area contributed by atoms with Crippen LogP contribution in [0.15, 0.2) is 23.1 Å². The molecule has 0 spiro atoms. The van der Waals surface area contributed by atoms with Crippen molar-refractivity contribution in [2.75, 3.05) is 18.0 Å². The third-order valence-corrected chi connectivity index (χ3v) is 5.03. The summed E-state index contributed by atoms with van der Waals surface area (Å²) in [5, 5.41) is 9.67. The molecule has 4 rings (SSSR count). The van der Waals surface area contributed by atoms with Crippen molar-refractivity contribution >= 4 is 16.9 Å². The molecule has 1 aliphatic heterocycles. The molecule has 1 saturated heterocycles. The number of rotatable bonds is 3. The fourth-order valence-corrected chi connectivity index (χ4v) is 3.61. The molecule has 3 aromatic rings. The van der Waals surface area contributed by atoms with Crippen molar-refractivity contribution in [3.8, 4) is 0 Å². The summed E-state index contributed by atoms with van der Waals surface area (Å²) in [7, 11) is 1.90. The van der Waals surface area contributed by atoms with Crippen LogP contribution in [-0.4, -0.2) is 42.6 Å². The topological polar surface area (TPSA) is 81.7 Å². The van der Waals surface area contributed by atoms with Gasteiger partial charge in [-0.25, -0.2) is 14.6 Å². The van der Waals surface area contributed by atoms with Crippen LogP contribution in [0.4, 0.5) is 5.82 Å². The number of fused-ring (bicyclic) bond motifs is 1. The molecule has 0 amide bonds. The lowest BCUT2D eigenvalue weighted by Crippen LogP contribution is -2.37. The second-order valence-corrected chi connectivity index (χ2v) is 7.03. The van der Waals surface area contributed by atoms with Crippen molar-refractivity contribution in [3.63, 3.8) is 0 Å². The van der Waals surface area contributed by atoms with Crippen LogP contribution in [0.2, 0.25) is 0 Å². The van der Waals surface area contributed by atoms with Gasteiger partial charge in [-0.2, -0.15) is 10.2 Å². The predicted octanol–water partition coefficient (Wildman–Crippen LogP) is 1.45. The number of hydrogen-bond donors (Lipinski definition) is 0. The summed E-state index contributed by atoms with van der Waals surface area (Å²) in [5.41, 5.74) is 1.71. The molecule has 1 fully saturated rings. The molecule has 26 heavy (non-hydrogen) atoms. The van der Waals surface area contributed by atoms with E-state index in [1.165, 1.54) is 0 Å². The maximum atomic E-state index is 12.0. The molecule has 0 radical (unpaired) electrons. The number of anilines is 1. The highest BCUT2D eigenvalue weighted by Gasteiger charge is 2.23. The zero-order chi connectivity index (χ0) is 18.3. The maximum absolute atomic E-state index is 12.0. The number of aryl methyl sites for hydroxylation is 3. The van der Waals surface area contributed by atoms with E-state index in [9.17, 15) is 4.79 Å². The first-order valence-corrected chi connectivity index (χ1v) is 8.97. The van der Waals surface area contributed by atoms with E-state index in [0.717, 1.165) is 54.3 Å². The van der Waals surface area contributed by atoms with Crippen LogP contribution < -0.4 is 10.5 Å². The second kappa shape index (κ2) is 6.51. The summed E-state index contributed by atoms with van der Waals surface area (Å²) in [6.07, 6.45) is 3.85. The summed E-state index contributed by atoms with van der Waals surface area (Å²) in [6, 6.07) is 3.36. The minimum Gasteiger partial charge on any atom is -0.356 e. The van der Waals surface area contributed by atoms with Crippen LogP contribution >= 0.6 is 0 Å². The van der Waals surface area contributed by atoms with Gasteiger partial charge in [-0.05, 0) is 38.7 Å². The number of nitrogens with zero attached hydrogens (tertiary/aromatic N) is 7. The van der Waals surface area contributed by atoms with Gasteiger partial charge in [0.15, 0.2) is 5.65 Å². The Bertz CT molecular complexity index is 998. The minimum absolute atomic E-state index is 0.0264. The van der Waals surface area contributed by atoms with Crippen molar-refractivity contribution in [3.05, 3.63) is 40.2 Å². The highest BCUT2D eigenvalue weighted by molar-refractivity contribution is 5.87. The van der Waals surface area contributed by atoms with Gasteiger partial charge in [-0.15, -0.1) is 0 Å². The first-order chi connectivity index (χ1) is 12.5. The first-order valence-electron chi connectivity index (χ1n) is 8.97. The van der Waals surface area contributed by atoms with Crippen molar-refractivity contribution < 1.29 is 0 Å². The summed E-state index contributed by atoms with van der Waals surface area (Å²) >= 11 is 0. The van der Waals surface area contributed by atoms with E-state index in [-0.39, 0.29) is 5.56 Å². The van der Waals surface area contributed by atoms with Gasteiger partial charge in [0, 0.05) is 32.7 Å². The lowest BCUT2D eigenvalue weighted by atomic mass is 9.96. The van der Waals surface area contributed by atoms with Gasteiger partial charge in [0.05, 0.1) is 17.3 Å². The SMILES string of the molecule is Cc1ccc(=O)n(CC2CCN(c3nc(C)nc4c3cnn4C)CC2)n1. The molecule has 8 heteroatoms. The van der Waals surface area contributed by atoms with E-state index in [1.54, 1.807) is 21.5 Å². The van der Waals surface area contributed by atoms with Crippen molar-refractivity contribution in [2.45, 2.75) is 33.2 Å². The average molecular weight is 353 g/mol. The molecule has 0 unspecified atom stereocenters. The molecule has 136 valence electrons. The third-order valence-electron chi connectivity index (χ3n) is 5.03. The smallest absolute Gasteiger partial charge is 0.266 e. The van der Waals surface area contributed by atoms with E-state index < -0.39 is 0 Å². The summed E-state index contributed by atoms with van der Waals surface area (Å²) in [6.45, 7) is 6.32. The molecular formula is C18H23N7O. The largest absolute Gasteiger partial charge is 0.356 e. The molecule has 0 atom stereocenters. The second-order valence-electron chi connectivity index (χ2n) is 7.03. The molecule has 1 aliphatic rings. The number of piperidine rings is 1. The molecule has 3 aromatic heterocycles. The standard InChI is InChI=1S/C18H23N7O/c1-12-4-5-16(26)25(22-12)11-14-6-8-24(9-7-14)18-15-10-19-23(3)17(15)20-13(2)21-18/h4-5,10,14H,6-9,11H2,1-3H3. The molecule has 0 bridgehead atoms. The van der Waals surface area contributed by atoms with E-state index in [2.05, 4.69) is 25.1 Å². The molecule has 8 nitrogen and oxygen atoms in total. The third kappa shape index (κ3) is 3.07. The Labute approximate surface area is 151 Å². The van der Waals surface area contributed by atoms with Gasteiger partial charge < -0.3 is 4.90 Å². The fourth-order valence-electron chi connectivity index (χ4n) is 3.61. The fraction of sp³-hybridized carbons (Fsp3) is 0.500. The van der Waals surface area contributed by atoms with Crippen molar-refractivity contribution in [1.82, 2.24) is 29.5 Å². The number of hydrogen-bond acceptors (Lipinski definition) is 6. The zero-order valence-corrected chi connectivity index (χ0v) is 15.4. The predicted molar refractivity (Wildman–Crippen MR) is 99.2 cm³/mol. The Morgan fingerprint density at radius 2 is 1.92 bits per heavy atom. The Morgan fingerprint density at radius 1 is 1.15 bits per heavy atom. The van der Waals surface area contributed by atoms with Gasteiger partial charge >= 0.3 is 0 Å². The first kappa shape index (κ1) is 16.7. The summed E-state index contributed by atoms with van der Waals surface area (Å²) < 4.78 is 3.39. The van der Waals surface area contributed by atoms with Gasteiger partial charge in [0.1, 0.15) is 11.6 Å². The van der Waals surface area contributed by atoms with Gasteiger partial charge in [0.25, 0.3) is 5.56 Å². The minimum atomic E-state index is -0.0264. The monoisotopic (exact) mass is 353 g/mol. The highest BCUT2D eigenvalue weighted by atomic mass is 16.1. The average Bonchev–Trinajstić information content (AvgIpc) is 2.99. The van der Waals surface area contributed by atoms with E-state index in [0.29, 0.717) is 12.5 Å². The summed E-state index contributed by atoms with van der Waals surface area (Å²) in [4.78, 5) is 23.5. The molecule has 0 saturated carbocycles. The van der Waals surface area contributed by atoms with Gasteiger partial charge in [-0.3, -0.25) is 9.48 Å². The highest BCUT2D eigenvalue weighted by Crippen LogP contribution is 2.28. The van der Waals surface area contributed by atoms with E-state index in [1.807, 2.05) is 27.1 Å².